The van der Waals surface area contributed by atoms with E-state index in [0.717, 1.165) is 5.56 Å². The third kappa shape index (κ3) is 3.75. The highest BCUT2D eigenvalue weighted by Crippen LogP contribution is 2.56. The summed E-state index contributed by atoms with van der Waals surface area (Å²) >= 11 is 6.24. The van der Waals surface area contributed by atoms with E-state index < -0.39 is 29.9 Å². The minimum Gasteiger partial charge on any atom is -0.313 e. The average Bonchev–Trinajstić information content (AvgIpc) is 3.44. The Hall–Kier alpha value is -4.00. The molecule has 0 spiro atoms. The van der Waals surface area contributed by atoms with Crippen molar-refractivity contribution in [3.8, 4) is 11.3 Å². The van der Waals surface area contributed by atoms with E-state index in [2.05, 4.69) is 25.1 Å². The van der Waals surface area contributed by atoms with Crippen LogP contribution >= 0.6 is 11.6 Å². The number of H-pyrrole nitrogens is 2. The number of alkyl halides is 3. The van der Waals surface area contributed by atoms with Gasteiger partial charge in [0.05, 0.1) is 28.4 Å². The predicted octanol–water partition coefficient (Wildman–Crippen LogP) is 3.75. The van der Waals surface area contributed by atoms with Crippen LogP contribution < -0.4 is 11.2 Å². The summed E-state index contributed by atoms with van der Waals surface area (Å²) in [5.41, 5.74) is 1.03. The van der Waals surface area contributed by atoms with Crippen molar-refractivity contribution in [1.29, 1.82) is 0 Å². The molecule has 0 unspecified atom stereocenters. The molecular formula is C22H14ClF4N7O2. The number of hydrogen-bond donors (Lipinski definition) is 2. The van der Waals surface area contributed by atoms with Crippen LogP contribution in [-0.4, -0.2) is 40.5 Å². The topological polar surface area (TPSA) is 114 Å². The third-order valence-corrected chi connectivity index (χ3v) is 6.49. The lowest BCUT2D eigenvalue weighted by molar-refractivity contribution is -0.142. The van der Waals surface area contributed by atoms with Crippen molar-refractivity contribution in [2.45, 2.75) is 31.0 Å². The highest BCUT2D eigenvalue weighted by molar-refractivity contribution is 6.29. The van der Waals surface area contributed by atoms with Gasteiger partial charge in [-0.3, -0.25) is 14.5 Å². The molecule has 4 heterocycles. The summed E-state index contributed by atoms with van der Waals surface area (Å²) in [4.78, 5) is 32.6. The lowest BCUT2D eigenvalue weighted by atomic mass is 10.0. The Balaban J connectivity index is 1.42. The Morgan fingerprint density at radius 1 is 1.14 bits per heavy atom. The first kappa shape index (κ1) is 22.5. The van der Waals surface area contributed by atoms with E-state index in [1.807, 2.05) is 0 Å². The van der Waals surface area contributed by atoms with Gasteiger partial charge in [0, 0.05) is 11.8 Å². The second-order valence-electron chi connectivity index (χ2n) is 8.58. The molecule has 2 N–H and O–H groups in total. The van der Waals surface area contributed by atoms with Crippen LogP contribution in [-0.2, 0) is 6.54 Å². The highest BCUT2D eigenvalue weighted by atomic mass is 35.5. The maximum absolute atomic E-state index is 14.1. The zero-order valence-electron chi connectivity index (χ0n) is 18.0. The van der Waals surface area contributed by atoms with Gasteiger partial charge in [0.2, 0.25) is 5.95 Å². The van der Waals surface area contributed by atoms with Gasteiger partial charge in [0.15, 0.2) is 10.8 Å². The summed E-state index contributed by atoms with van der Waals surface area (Å²) < 4.78 is 55.0. The average molecular weight is 520 g/mol. The summed E-state index contributed by atoms with van der Waals surface area (Å²) in [5, 5.41) is 8.00. The Kier molecular flexibility index (Phi) is 4.84. The molecule has 5 aromatic rings. The molecule has 6 rings (SSSR count). The van der Waals surface area contributed by atoms with Gasteiger partial charge in [-0.25, -0.2) is 14.3 Å². The van der Waals surface area contributed by atoms with Crippen LogP contribution in [0.25, 0.3) is 27.8 Å². The molecule has 1 saturated carbocycles. The van der Waals surface area contributed by atoms with Gasteiger partial charge in [-0.1, -0.05) is 17.7 Å². The van der Waals surface area contributed by atoms with Crippen LogP contribution in [0.5, 0.6) is 0 Å². The molecule has 1 fully saturated rings. The molecule has 0 bridgehead atoms. The number of imidazole rings is 1. The van der Waals surface area contributed by atoms with E-state index in [-0.39, 0.29) is 39.1 Å². The van der Waals surface area contributed by atoms with Crippen molar-refractivity contribution < 1.29 is 17.6 Å². The molecule has 1 aliphatic rings. The Morgan fingerprint density at radius 2 is 1.94 bits per heavy atom. The second kappa shape index (κ2) is 7.75. The number of rotatable bonds is 4. The molecule has 4 aromatic heterocycles. The molecule has 0 amide bonds. The second-order valence-corrected chi connectivity index (χ2v) is 8.96. The zero-order chi connectivity index (χ0) is 25.4. The normalized spacial score (nSPS) is 17.8. The van der Waals surface area contributed by atoms with Gasteiger partial charge in [-0.15, -0.1) is 5.10 Å². The lowest BCUT2D eigenvalue weighted by Crippen LogP contribution is -2.23. The fraction of sp³-hybridized carbons (Fsp3) is 0.227. The minimum absolute atomic E-state index is 0.00567. The van der Waals surface area contributed by atoms with Crippen molar-refractivity contribution in [2.24, 2.45) is 0 Å². The molecule has 0 aliphatic heterocycles. The molecule has 0 radical (unpaired) electrons. The van der Waals surface area contributed by atoms with Crippen LogP contribution in [0, 0.1) is 5.95 Å². The van der Waals surface area contributed by atoms with Gasteiger partial charge in [-0.2, -0.15) is 22.7 Å². The predicted molar refractivity (Wildman–Crippen MR) is 121 cm³/mol. The van der Waals surface area contributed by atoms with Crippen LogP contribution in [0.3, 0.4) is 0 Å². The van der Waals surface area contributed by atoms with E-state index in [9.17, 15) is 27.2 Å². The molecule has 1 aromatic carbocycles. The number of nitrogens with zero attached hydrogens (tertiary/aromatic N) is 5. The monoisotopic (exact) mass is 519 g/mol. The minimum atomic E-state index is -4.55. The fourth-order valence-electron chi connectivity index (χ4n) is 4.55. The van der Waals surface area contributed by atoms with E-state index in [1.54, 1.807) is 12.1 Å². The maximum Gasteiger partial charge on any atom is 0.408 e. The van der Waals surface area contributed by atoms with E-state index in [4.69, 9.17) is 11.6 Å². The first-order chi connectivity index (χ1) is 17.1. The molecule has 0 saturated heterocycles. The van der Waals surface area contributed by atoms with Crippen molar-refractivity contribution in [3.05, 3.63) is 79.7 Å². The van der Waals surface area contributed by atoms with E-state index in [0.29, 0.717) is 22.3 Å². The molecule has 1 aliphatic carbocycles. The number of aromatic nitrogens is 7. The van der Waals surface area contributed by atoms with Gasteiger partial charge < -0.3 is 4.98 Å². The number of fused-ring (bicyclic) bond motifs is 2. The van der Waals surface area contributed by atoms with Gasteiger partial charge >= 0.3 is 11.9 Å². The largest absolute Gasteiger partial charge is 0.408 e. The van der Waals surface area contributed by atoms with Crippen molar-refractivity contribution in [1.82, 2.24) is 34.3 Å². The SMILES string of the molecule is O=c1[nH]cc(-c2cc([C@@H]3C[C@H]3c3ccc4c(F)nn(CC(F)(F)F)c4c3)c3ncc(Cl)n3n2)c(=O)[nH]1. The van der Waals surface area contributed by atoms with Crippen LogP contribution in [0.15, 0.2) is 46.2 Å². The molecule has 14 heteroatoms. The summed E-state index contributed by atoms with van der Waals surface area (Å²) in [7, 11) is 0. The van der Waals surface area contributed by atoms with Gasteiger partial charge in [0.1, 0.15) is 6.54 Å². The molecule has 2 atom stereocenters. The maximum atomic E-state index is 14.1. The zero-order valence-corrected chi connectivity index (χ0v) is 18.7. The number of benzene rings is 1. The quantitative estimate of drug-likeness (QED) is 0.351. The molecule has 36 heavy (non-hydrogen) atoms. The Labute approximate surface area is 202 Å². The highest BCUT2D eigenvalue weighted by Gasteiger charge is 2.42. The summed E-state index contributed by atoms with van der Waals surface area (Å²) in [6.07, 6.45) is -1.26. The van der Waals surface area contributed by atoms with E-state index in [1.165, 1.54) is 29.0 Å². The Bertz CT molecular complexity index is 1790. The number of aromatic amines is 2. The first-order valence-electron chi connectivity index (χ1n) is 10.7. The molecule has 184 valence electrons. The van der Waals surface area contributed by atoms with Crippen LogP contribution in [0.4, 0.5) is 17.6 Å². The van der Waals surface area contributed by atoms with Gasteiger partial charge in [0.25, 0.3) is 5.56 Å². The summed E-state index contributed by atoms with van der Waals surface area (Å²) in [5.74, 6) is -1.18. The van der Waals surface area contributed by atoms with Crippen molar-refractivity contribution in [2.75, 3.05) is 0 Å². The third-order valence-electron chi connectivity index (χ3n) is 6.23. The summed E-state index contributed by atoms with van der Waals surface area (Å²) in [6.45, 7) is -1.40. The standard InChI is InChI=1S/C22H14ClF4N7O2/c23-17-7-28-19-13(5-15(31-34(17)19)14-6-29-21(36)30-20(14)35)12-4-11(12)9-1-2-10-16(3-9)33(32-18(10)24)8-22(25,26)27/h1-3,5-7,11-12H,4,8H2,(H2,29,30,35,36)/t11-,12+/m0/s1. The van der Waals surface area contributed by atoms with E-state index >= 15 is 0 Å². The lowest BCUT2D eigenvalue weighted by Gasteiger charge is -2.09. The van der Waals surface area contributed by atoms with Crippen molar-refractivity contribution >= 4 is 28.2 Å². The van der Waals surface area contributed by atoms with Crippen LogP contribution in [0.1, 0.15) is 29.4 Å². The Morgan fingerprint density at radius 3 is 2.69 bits per heavy atom. The molecular weight excluding hydrogens is 506 g/mol. The first-order valence-corrected chi connectivity index (χ1v) is 11.1. The van der Waals surface area contributed by atoms with Crippen molar-refractivity contribution in [3.63, 3.8) is 0 Å². The van der Waals surface area contributed by atoms with Crippen LogP contribution in [0.2, 0.25) is 5.15 Å². The number of nitrogens with one attached hydrogen (secondary N) is 2. The fourth-order valence-corrected chi connectivity index (χ4v) is 4.72. The number of halogens is 5. The number of hydrogen-bond acceptors (Lipinski definition) is 5. The summed E-state index contributed by atoms with van der Waals surface area (Å²) in [6, 6.07) is 6.29. The smallest absolute Gasteiger partial charge is 0.313 e. The molecule has 9 nitrogen and oxygen atoms in total. The van der Waals surface area contributed by atoms with Gasteiger partial charge in [-0.05, 0) is 42.0 Å².